The Balaban J connectivity index is 2.10. The number of aliphatic hydroxyl groups is 1. The highest BCUT2D eigenvalue weighted by Crippen LogP contribution is 2.03. The number of esters is 1. The van der Waals surface area contributed by atoms with E-state index in [-0.39, 0.29) is 6.42 Å². The Hall–Kier alpha value is -1.39. The average molecular weight is 238 g/mol. The van der Waals surface area contributed by atoms with Gasteiger partial charge in [-0.3, -0.25) is 4.79 Å². The third-order valence-corrected chi connectivity index (χ3v) is 2.34. The number of benzene rings is 1. The number of carbonyl (C=O) groups excluding carboxylic acids is 1. The van der Waals surface area contributed by atoms with Crippen molar-refractivity contribution in [2.45, 2.75) is 25.6 Å². The lowest BCUT2D eigenvalue weighted by Gasteiger charge is -2.09. The minimum Gasteiger partial charge on any atom is -0.469 e. The summed E-state index contributed by atoms with van der Waals surface area (Å²) in [6.45, 7) is 0.943. The molecule has 0 saturated carbocycles. The first-order valence-corrected chi connectivity index (χ1v) is 5.59. The van der Waals surface area contributed by atoms with Gasteiger partial charge in [-0.1, -0.05) is 30.3 Å². The molecule has 1 aromatic carbocycles. The van der Waals surface area contributed by atoms with Gasteiger partial charge in [-0.15, -0.1) is 0 Å². The van der Waals surface area contributed by atoms with Gasteiger partial charge < -0.3 is 14.6 Å². The Morgan fingerprint density at radius 2 is 2.06 bits per heavy atom. The summed E-state index contributed by atoms with van der Waals surface area (Å²) in [5.41, 5.74) is 1.09. The molecule has 0 radical (unpaired) electrons. The Labute approximate surface area is 101 Å². The Morgan fingerprint density at radius 3 is 2.71 bits per heavy atom. The van der Waals surface area contributed by atoms with Gasteiger partial charge in [0.1, 0.15) is 0 Å². The molecule has 0 heterocycles. The minimum atomic E-state index is -0.696. The van der Waals surface area contributed by atoms with Crippen LogP contribution in [0.5, 0.6) is 0 Å². The molecule has 0 fully saturated rings. The van der Waals surface area contributed by atoms with Gasteiger partial charge in [0.15, 0.2) is 0 Å². The molecular weight excluding hydrogens is 220 g/mol. The molecular formula is C13H18O4. The zero-order valence-corrected chi connectivity index (χ0v) is 9.96. The highest BCUT2D eigenvalue weighted by Gasteiger charge is 2.10. The molecule has 0 aliphatic heterocycles. The van der Waals surface area contributed by atoms with Crippen LogP contribution in [-0.4, -0.2) is 30.9 Å². The Kier molecular flexibility index (Phi) is 6.29. The molecule has 0 spiro atoms. The van der Waals surface area contributed by atoms with E-state index >= 15 is 0 Å². The number of rotatable bonds is 7. The van der Waals surface area contributed by atoms with Gasteiger partial charge in [0.05, 0.1) is 26.2 Å². The van der Waals surface area contributed by atoms with Crippen molar-refractivity contribution < 1.29 is 19.4 Å². The summed E-state index contributed by atoms with van der Waals surface area (Å²) >= 11 is 0. The number of carbonyl (C=O) groups is 1. The fourth-order valence-corrected chi connectivity index (χ4v) is 1.36. The highest BCUT2D eigenvalue weighted by atomic mass is 16.5. The predicted octanol–water partition coefficient (Wildman–Crippen LogP) is 1.52. The van der Waals surface area contributed by atoms with Crippen molar-refractivity contribution in [1.82, 2.24) is 0 Å². The fourth-order valence-electron chi connectivity index (χ4n) is 1.36. The molecule has 17 heavy (non-hydrogen) atoms. The Bertz CT molecular complexity index is 323. The molecule has 0 unspecified atom stereocenters. The maximum Gasteiger partial charge on any atom is 0.308 e. The smallest absolute Gasteiger partial charge is 0.308 e. The van der Waals surface area contributed by atoms with Crippen LogP contribution in [0.3, 0.4) is 0 Å². The van der Waals surface area contributed by atoms with Crippen molar-refractivity contribution in [3.63, 3.8) is 0 Å². The van der Waals surface area contributed by atoms with Crippen molar-refractivity contribution in [2.75, 3.05) is 13.7 Å². The van der Waals surface area contributed by atoms with Crippen molar-refractivity contribution in [2.24, 2.45) is 0 Å². The van der Waals surface area contributed by atoms with Crippen molar-refractivity contribution >= 4 is 5.97 Å². The maximum absolute atomic E-state index is 10.9. The van der Waals surface area contributed by atoms with E-state index in [1.54, 1.807) is 0 Å². The first-order chi connectivity index (χ1) is 8.22. The molecule has 1 N–H and O–H groups in total. The fraction of sp³-hybridized carbons (Fsp3) is 0.462. The SMILES string of the molecule is COC(=O)C[C@H](O)CCOCc1ccccc1. The molecule has 0 saturated heterocycles. The molecule has 0 aliphatic carbocycles. The molecule has 1 atom stereocenters. The summed E-state index contributed by atoms with van der Waals surface area (Å²) < 4.78 is 9.85. The predicted molar refractivity (Wildman–Crippen MR) is 63.4 cm³/mol. The van der Waals surface area contributed by atoms with Gasteiger partial charge in [0, 0.05) is 6.61 Å². The first-order valence-electron chi connectivity index (χ1n) is 5.59. The van der Waals surface area contributed by atoms with Crippen molar-refractivity contribution in [3.05, 3.63) is 35.9 Å². The second-order valence-electron chi connectivity index (χ2n) is 3.76. The van der Waals surface area contributed by atoms with Crippen LogP contribution in [-0.2, 0) is 20.9 Å². The van der Waals surface area contributed by atoms with Crippen LogP contribution in [0.25, 0.3) is 0 Å². The number of aliphatic hydroxyl groups excluding tert-OH is 1. The van der Waals surface area contributed by atoms with E-state index in [0.29, 0.717) is 19.6 Å². The molecule has 0 aromatic heterocycles. The maximum atomic E-state index is 10.9. The molecule has 4 heteroatoms. The van der Waals surface area contributed by atoms with E-state index in [9.17, 15) is 9.90 Å². The molecule has 1 rings (SSSR count). The van der Waals surface area contributed by atoms with Crippen LogP contribution in [0.2, 0.25) is 0 Å². The number of hydrogen-bond donors (Lipinski definition) is 1. The topological polar surface area (TPSA) is 55.8 Å². The van der Waals surface area contributed by atoms with E-state index < -0.39 is 12.1 Å². The molecule has 94 valence electrons. The molecule has 4 nitrogen and oxygen atoms in total. The lowest BCUT2D eigenvalue weighted by atomic mass is 10.2. The van der Waals surface area contributed by atoms with Crippen LogP contribution in [0, 0.1) is 0 Å². The van der Waals surface area contributed by atoms with E-state index in [2.05, 4.69) is 4.74 Å². The van der Waals surface area contributed by atoms with Gasteiger partial charge in [-0.05, 0) is 12.0 Å². The summed E-state index contributed by atoms with van der Waals surface area (Å²) in [5.74, 6) is -0.402. The van der Waals surface area contributed by atoms with Crippen LogP contribution < -0.4 is 0 Å². The second-order valence-corrected chi connectivity index (χ2v) is 3.76. The van der Waals surface area contributed by atoms with Gasteiger partial charge in [0.25, 0.3) is 0 Å². The number of hydrogen-bond acceptors (Lipinski definition) is 4. The highest BCUT2D eigenvalue weighted by molar-refractivity contribution is 5.69. The van der Waals surface area contributed by atoms with Crippen LogP contribution in [0.4, 0.5) is 0 Å². The number of methoxy groups -OCH3 is 1. The van der Waals surface area contributed by atoms with Crippen molar-refractivity contribution in [3.8, 4) is 0 Å². The zero-order chi connectivity index (χ0) is 12.5. The third kappa shape index (κ3) is 6.04. The number of ether oxygens (including phenoxy) is 2. The molecule has 0 aliphatic rings. The quantitative estimate of drug-likeness (QED) is 0.578. The second kappa shape index (κ2) is 7.81. The molecule has 0 bridgehead atoms. The third-order valence-electron chi connectivity index (χ3n) is 2.34. The summed E-state index contributed by atoms with van der Waals surface area (Å²) in [6, 6.07) is 9.80. The van der Waals surface area contributed by atoms with Crippen LogP contribution in [0.15, 0.2) is 30.3 Å². The molecule has 1 aromatic rings. The summed E-state index contributed by atoms with van der Waals surface area (Å²) in [4.78, 5) is 10.9. The van der Waals surface area contributed by atoms with E-state index in [1.807, 2.05) is 30.3 Å². The van der Waals surface area contributed by atoms with Gasteiger partial charge in [-0.25, -0.2) is 0 Å². The largest absolute Gasteiger partial charge is 0.469 e. The van der Waals surface area contributed by atoms with Crippen LogP contribution in [0.1, 0.15) is 18.4 Å². The Morgan fingerprint density at radius 1 is 1.35 bits per heavy atom. The van der Waals surface area contributed by atoms with Gasteiger partial charge >= 0.3 is 5.97 Å². The lowest BCUT2D eigenvalue weighted by Crippen LogP contribution is -2.16. The normalized spacial score (nSPS) is 12.1. The first kappa shape index (κ1) is 13.7. The van der Waals surface area contributed by atoms with Gasteiger partial charge in [-0.2, -0.15) is 0 Å². The molecule has 0 amide bonds. The zero-order valence-electron chi connectivity index (χ0n) is 9.96. The van der Waals surface area contributed by atoms with Crippen molar-refractivity contribution in [1.29, 1.82) is 0 Å². The monoisotopic (exact) mass is 238 g/mol. The van der Waals surface area contributed by atoms with Crippen LogP contribution >= 0.6 is 0 Å². The average Bonchev–Trinajstić information content (AvgIpc) is 2.36. The standard InChI is InChI=1S/C13H18O4/c1-16-13(15)9-12(14)7-8-17-10-11-5-3-2-4-6-11/h2-6,12,14H,7-10H2,1H3/t12-/m1/s1. The lowest BCUT2D eigenvalue weighted by molar-refractivity contribution is -0.143. The summed E-state index contributed by atoms with van der Waals surface area (Å²) in [7, 11) is 1.31. The minimum absolute atomic E-state index is 0.0190. The summed E-state index contributed by atoms with van der Waals surface area (Å²) in [5, 5.41) is 9.47. The summed E-state index contributed by atoms with van der Waals surface area (Å²) in [6.07, 6.45) is -0.245. The van der Waals surface area contributed by atoms with Gasteiger partial charge in [0.2, 0.25) is 0 Å². The van der Waals surface area contributed by atoms with E-state index in [1.165, 1.54) is 7.11 Å². The van der Waals surface area contributed by atoms with E-state index in [0.717, 1.165) is 5.56 Å². The van der Waals surface area contributed by atoms with E-state index in [4.69, 9.17) is 4.74 Å².